The van der Waals surface area contributed by atoms with Crippen LogP contribution < -0.4 is 4.72 Å². The molecule has 1 N–H and O–H groups in total. The van der Waals surface area contributed by atoms with Gasteiger partial charge in [0.1, 0.15) is 10.8 Å². The SMILES string of the molecule is N#C[C@H](C(=O)c1ccc(NS(=O)(=O)c2ccc(F)cc2)cc1)c1nc2ccccc2s1. The highest BCUT2D eigenvalue weighted by atomic mass is 32.2. The second-order valence-corrected chi connectivity index (χ2v) is 9.33. The van der Waals surface area contributed by atoms with Crippen LogP contribution in [0.1, 0.15) is 21.3 Å². The Balaban J connectivity index is 1.54. The molecule has 0 aliphatic heterocycles. The van der Waals surface area contributed by atoms with Gasteiger partial charge in [0.25, 0.3) is 10.0 Å². The van der Waals surface area contributed by atoms with Crippen LogP contribution in [0.15, 0.2) is 77.7 Å². The molecule has 1 aromatic heterocycles. The lowest BCUT2D eigenvalue weighted by molar-refractivity contribution is 0.0979. The van der Waals surface area contributed by atoms with Gasteiger partial charge < -0.3 is 0 Å². The molecule has 0 radical (unpaired) electrons. The lowest BCUT2D eigenvalue weighted by Gasteiger charge is -2.09. The summed E-state index contributed by atoms with van der Waals surface area (Å²) in [5, 5.41) is 9.98. The number of sulfonamides is 1. The molecule has 0 saturated carbocycles. The summed E-state index contributed by atoms with van der Waals surface area (Å²) in [6.45, 7) is 0. The molecule has 0 aliphatic rings. The molecule has 3 aromatic carbocycles. The number of nitrogens with one attached hydrogen (secondary N) is 1. The first-order chi connectivity index (χ1) is 14.9. The summed E-state index contributed by atoms with van der Waals surface area (Å²) in [7, 11) is -3.90. The molecular formula is C22H14FN3O3S2. The van der Waals surface area contributed by atoms with E-state index in [9.17, 15) is 22.9 Å². The number of anilines is 1. The average molecular weight is 452 g/mol. The van der Waals surface area contributed by atoms with Crippen molar-refractivity contribution in [3.8, 4) is 6.07 Å². The summed E-state index contributed by atoms with van der Waals surface area (Å²) >= 11 is 1.29. The molecule has 0 spiro atoms. The van der Waals surface area contributed by atoms with Crippen molar-refractivity contribution in [1.29, 1.82) is 5.26 Å². The average Bonchev–Trinajstić information content (AvgIpc) is 3.18. The van der Waals surface area contributed by atoms with Gasteiger partial charge in [0.15, 0.2) is 11.7 Å². The number of halogens is 1. The van der Waals surface area contributed by atoms with Crippen LogP contribution in [0.25, 0.3) is 10.2 Å². The van der Waals surface area contributed by atoms with E-state index >= 15 is 0 Å². The van der Waals surface area contributed by atoms with Crippen molar-refractivity contribution in [2.24, 2.45) is 0 Å². The Bertz CT molecular complexity index is 1370. The molecule has 0 saturated heterocycles. The first kappa shape index (κ1) is 20.7. The Morgan fingerprint density at radius 3 is 2.35 bits per heavy atom. The Kier molecular flexibility index (Phi) is 5.50. The van der Waals surface area contributed by atoms with Gasteiger partial charge in [0.2, 0.25) is 0 Å². The van der Waals surface area contributed by atoms with Gasteiger partial charge in [0, 0.05) is 11.3 Å². The summed E-state index contributed by atoms with van der Waals surface area (Å²) in [4.78, 5) is 17.2. The summed E-state index contributed by atoms with van der Waals surface area (Å²) < 4.78 is 41.1. The van der Waals surface area contributed by atoms with Gasteiger partial charge in [-0.05, 0) is 60.7 Å². The molecule has 4 aromatic rings. The largest absolute Gasteiger partial charge is 0.292 e. The van der Waals surface area contributed by atoms with Crippen molar-refractivity contribution >= 4 is 43.0 Å². The van der Waals surface area contributed by atoms with E-state index in [1.54, 1.807) is 0 Å². The maximum absolute atomic E-state index is 13.0. The predicted octanol–water partition coefficient (Wildman–Crippen LogP) is 4.73. The smallest absolute Gasteiger partial charge is 0.261 e. The number of Topliss-reactive ketones (excluding diaryl/α,β-unsaturated/α-hetero) is 1. The summed E-state index contributed by atoms with van der Waals surface area (Å²) in [5.74, 6) is -2.02. The fourth-order valence-electron chi connectivity index (χ4n) is 2.94. The lowest BCUT2D eigenvalue weighted by atomic mass is 9.99. The molecule has 0 amide bonds. The number of benzene rings is 3. The monoisotopic (exact) mass is 451 g/mol. The van der Waals surface area contributed by atoms with E-state index in [1.807, 2.05) is 30.3 Å². The van der Waals surface area contributed by atoms with Crippen molar-refractivity contribution in [3.63, 3.8) is 0 Å². The van der Waals surface area contributed by atoms with Gasteiger partial charge in [-0.25, -0.2) is 17.8 Å². The van der Waals surface area contributed by atoms with Gasteiger partial charge in [-0.3, -0.25) is 9.52 Å². The number of nitriles is 1. The van der Waals surface area contributed by atoms with Crippen LogP contribution in [0.5, 0.6) is 0 Å². The maximum Gasteiger partial charge on any atom is 0.261 e. The van der Waals surface area contributed by atoms with Crippen LogP contribution in [0.2, 0.25) is 0 Å². The molecule has 4 rings (SSSR count). The van der Waals surface area contributed by atoms with E-state index in [2.05, 4.69) is 9.71 Å². The Morgan fingerprint density at radius 2 is 1.71 bits per heavy atom. The maximum atomic E-state index is 13.0. The number of hydrogen-bond donors (Lipinski definition) is 1. The fourth-order valence-corrected chi connectivity index (χ4v) is 5.01. The third-order valence-corrected chi connectivity index (χ3v) is 6.99. The lowest BCUT2D eigenvalue weighted by Crippen LogP contribution is -2.14. The number of rotatable bonds is 6. The number of hydrogen-bond acceptors (Lipinski definition) is 6. The molecule has 31 heavy (non-hydrogen) atoms. The number of carbonyl (C=O) groups excluding carboxylic acids is 1. The predicted molar refractivity (Wildman–Crippen MR) is 116 cm³/mol. The van der Waals surface area contributed by atoms with Gasteiger partial charge >= 0.3 is 0 Å². The minimum Gasteiger partial charge on any atom is -0.292 e. The first-order valence-electron chi connectivity index (χ1n) is 9.05. The van der Waals surface area contributed by atoms with Crippen molar-refractivity contribution in [3.05, 3.63) is 89.2 Å². The zero-order valence-corrected chi connectivity index (χ0v) is 17.5. The standard InChI is InChI=1S/C22H14FN3O3S2/c23-15-7-11-17(12-8-15)31(28,29)26-16-9-5-14(6-10-16)21(27)18(13-24)22-25-19-3-1-2-4-20(19)30-22/h1-12,18,26H/t18-/m1/s1. The van der Waals surface area contributed by atoms with Crippen LogP contribution in [-0.2, 0) is 10.0 Å². The fraction of sp³-hybridized carbons (Fsp3) is 0.0455. The first-order valence-corrected chi connectivity index (χ1v) is 11.3. The zero-order valence-electron chi connectivity index (χ0n) is 15.8. The Labute approximate surface area is 181 Å². The molecule has 6 nitrogen and oxygen atoms in total. The van der Waals surface area contributed by atoms with Gasteiger partial charge in [-0.2, -0.15) is 5.26 Å². The number of fused-ring (bicyclic) bond motifs is 1. The number of thiazole rings is 1. The molecule has 0 fully saturated rings. The zero-order chi connectivity index (χ0) is 22.0. The minimum absolute atomic E-state index is 0.0885. The van der Waals surface area contributed by atoms with Crippen LogP contribution in [0, 0.1) is 17.1 Å². The second-order valence-electron chi connectivity index (χ2n) is 6.58. The van der Waals surface area contributed by atoms with Crippen molar-refractivity contribution in [2.45, 2.75) is 10.8 Å². The van der Waals surface area contributed by atoms with Crippen LogP contribution in [-0.4, -0.2) is 19.2 Å². The second kappa shape index (κ2) is 8.26. The molecule has 9 heteroatoms. The highest BCUT2D eigenvalue weighted by Crippen LogP contribution is 2.29. The molecule has 1 atom stereocenters. The van der Waals surface area contributed by atoms with Gasteiger partial charge in [-0.15, -0.1) is 11.3 Å². The topological polar surface area (TPSA) is 99.9 Å². The highest BCUT2D eigenvalue weighted by molar-refractivity contribution is 7.92. The van der Waals surface area contributed by atoms with Crippen molar-refractivity contribution in [2.75, 3.05) is 4.72 Å². The summed E-state index contributed by atoms with van der Waals surface area (Å²) in [5.41, 5.74) is 1.21. The molecule has 0 bridgehead atoms. The van der Waals surface area contributed by atoms with E-state index < -0.39 is 27.5 Å². The van der Waals surface area contributed by atoms with E-state index in [0.29, 0.717) is 5.01 Å². The third kappa shape index (κ3) is 4.30. The van der Waals surface area contributed by atoms with Crippen LogP contribution in [0.3, 0.4) is 0 Å². The Morgan fingerprint density at radius 1 is 1.03 bits per heavy atom. The Hall–Kier alpha value is -3.61. The molecule has 0 aliphatic carbocycles. The molecule has 154 valence electrons. The van der Waals surface area contributed by atoms with E-state index in [1.165, 1.54) is 35.6 Å². The molecule has 1 heterocycles. The summed E-state index contributed by atoms with van der Waals surface area (Å²) in [6.07, 6.45) is 0. The van der Waals surface area contributed by atoms with Gasteiger partial charge in [-0.1, -0.05) is 12.1 Å². The normalized spacial score (nSPS) is 12.3. The number of para-hydroxylation sites is 1. The van der Waals surface area contributed by atoms with Crippen molar-refractivity contribution < 1.29 is 17.6 Å². The number of aromatic nitrogens is 1. The number of carbonyl (C=O) groups is 1. The number of nitrogens with zero attached hydrogens (tertiary/aromatic N) is 2. The highest BCUT2D eigenvalue weighted by Gasteiger charge is 2.25. The minimum atomic E-state index is -3.90. The van der Waals surface area contributed by atoms with E-state index in [-0.39, 0.29) is 16.1 Å². The van der Waals surface area contributed by atoms with Gasteiger partial charge in [0.05, 0.1) is 21.2 Å². The third-order valence-electron chi connectivity index (χ3n) is 4.49. The van der Waals surface area contributed by atoms with E-state index in [0.717, 1.165) is 34.5 Å². The van der Waals surface area contributed by atoms with Crippen LogP contribution in [0.4, 0.5) is 10.1 Å². The quantitative estimate of drug-likeness (QED) is 0.427. The molecule has 0 unspecified atom stereocenters. The summed E-state index contributed by atoms with van der Waals surface area (Å²) in [6, 6.07) is 19.6. The number of ketones is 1. The van der Waals surface area contributed by atoms with Crippen molar-refractivity contribution in [1.82, 2.24) is 4.98 Å². The molecular weight excluding hydrogens is 437 g/mol. The van der Waals surface area contributed by atoms with E-state index in [4.69, 9.17) is 0 Å². The van der Waals surface area contributed by atoms with Crippen LogP contribution >= 0.6 is 11.3 Å².